The average Bonchev–Trinajstić information content (AvgIpc) is 3.49. The maximum Gasteiger partial charge on any atom is 0.229 e. The molecule has 1 aliphatic heterocycles. The summed E-state index contributed by atoms with van der Waals surface area (Å²) in [5, 5.41) is 11.8. The lowest BCUT2D eigenvalue weighted by atomic mass is 10.0. The van der Waals surface area contributed by atoms with Crippen molar-refractivity contribution in [3.63, 3.8) is 0 Å². The minimum Gasteiger partial charge on any atom is -0.495 e. The summed E-state index contributed by atoms with van der Waals surface area (Å²) in [6.45, 7) is 7.52. The number of nitrogens with one attached hydrogen (secondary N) is 2. The molecule has 13 heteroatoms. The minimum atomic E-state index is -2.69. The van der Waals surface area contributed by atoms with Crippen LogP contribution in [0.4, 0.5) is 28.8 Å². The van der Waals surface area contributed by atoms with Crippen LogP contribution < -0.4 is 30.3 Å². The van der Waals surface area contributed by atoms with E-state index >= 15 is 0 Å². The van der Waals surface area contributed by atoms with E-state index in [1.54, 1.807) is 50.8 Å². The van der Waals surface area contributed by atoms with Crippen molar-refractivity contribution in [2.24, 2.45) is 0 Å². The number of aromatic nitrogens is 4. The van der Waals surface area contributed by atoms with Crippen molar-refractivity contribution >= 4 is 57.2 Å². The summed E-state index contributed by atoms with van der Waals surface area (Å²) in [4.78, 5) is 14.0. The van der Waals surface area contributed by atoms with E-state index in [9.17, 15) is 4.57 Å². The van der Waals surface area contributed by atoms with Crippen molar-refractivity contribution in [3.05, 3.63) is 59.0 Å². The summed E-state index contributed by atoms with van der Waals surface area (Å²) < 4.78 is 26.8. The summed E-state index contributed by atoms with van der Waals surface area (Å²) in [7, 11) is 4.91. The second-order valence-electron chi connectivity index (χ2n) is 11.5. The van der Waals surface area contributed by atoms with Crippen molar-refractivity contribution in [1.82, 2.24) is 24.6 Å². The number of anilines is 5. The number of methoxy groups -OCH3 is 2. The highest BCUT2D eigenvalue weighted by Crippen LogP contribution is 2.40. The lowest BCUT2D eigenvalue weighted by Crippen LogP contribution is -2.42. The predicted octanol–water partition coefficient (Wildman–Crippen LogP) is 6.02. The minimum absolute atomic E-state index is 0.415. The fraction of sp³-hybridized carbons (Fsp3) is 0.387. The van der Waals surface area contributed by atoms with Crippen LogP contribution in [0.1, 0.15) is 18.4 Å². The van der Waals surface area contributed by atoms with Crippen LogP contribution in [0.2, 0.25) is 0 Å². The molecule has 1 fully saturated rings. The van der Waals surface area contributed by atoms with Gasteiger partial charge in [0.25, 0.3) is 0 Å². The van der Waals surface area contributed by atoms with Crippen LogP contribution in [0.15, 0.2) is 53.4 Å². The molecule has 0 bridgehead atoms. The van der Waals surface area contributed by atoms with Crippen molar-refractivity contribution < 1.29 is 14.0 Å². The average molecular weight is 684 g/mol. The molecule has 0 amide bonds. The van der Waals surface area contributed by atoms with Gasteiger partial charge in [-0.05, 0) is 92.9 Å². The molecule has 3 heterocycles. The molecule has 5 rings (SSSR count). The van der Waals surface area contributed by atoms with Crippen LogP contribution in [0.5, 0.6) is 11.5 Å². The highest BCUT2D eigenvalue weighted by Gasteiger charge is 2.24. The smallest absolute Gasteiger partial charge is 0.229 e. The van der Waals surface area contributed by atoms with E-state index in [0.29, 0.717) is 39.0 Å². The van der Waals surface area contributed by atoms with E-state index in [-0.39, 0.29) is 0 Å². The molecule has 4 aromatic rings. The van der Waals surface area contributed by atoms with Crippen LogP contribution in [-0.2, 0) is 4.57 Å². The summed E-state index contributed by atoms with van der Waals surface area (Å²) in [6, 6.07) is 10.4. The van der Waals surface area contributed by atoms with Crippen molar-refractivity contribution in [2.75, 3.05) is 70.3 Å². The van der Waals surface area contributed by atoms with Gasteiger partial charge < -0.3 is 34.5 Å². The Bertz CT molecular complexity index is 1680. The summed E-state index contributed by atoms with van der Waals surface area (Å²) in [5.41, 5.74) is 4.47. The van der Waals surface area contributed by atoms with E-state index in [0.717, 1.165) is 54.3 Å². The van der Waals surface area contributed by atoms with E-state index in [4.69, 9.17) is 14.5 Å². The van der Waals surface area contributed by atoms with Gasteiger partial charge in [0.2, 0.25) is 5.95 Å². The van der Waals surface area contributed by atoms with Gasteiger partial charge in [-0.1, -0.05) is 0 Å². The lowest BCUT2D eigenvalue weighted by molar-refractivity contribution is 0.249. The number of aryl methyl sites for hydroxylation is 1. The first-order valence-electron chi connectivity index (χ1n) is 14.4. The zero-order chi connectivity index (χ0) is 31.6. The molecule has 11 nitrogen and oxygen atoms in total. The van der Waals surface area contributed by atoms with E-state index in [1.165, 1.54) is 0 Å². The first-order chi connectivity index (χ1) is 21.0. The second-order valence-corrected chi connectivity index (χ2v) is 15.6. The monoisotopic (exact) mass is 682 g/mol. The van der Waals surface area contributed by atoms with E-state index < -0.39 is 7.14 Å². The van der Waals surface area contributed by atoms with Crippen molar-refractivity contribution in [3.8, 4) is 17.2 Å². The zero-order valence-corrected chi connectivity index (χ0v) is 28.7. The Balaban J connectivity index is 1.39. The molecular weight excluding hydrogens is 643 g/mol. The summed E-state index contributed by atoms with van der Waals surface area (Å²) in [5.74, 6) is 2.40. The van der Waals surface area contributed by atoms with Crippen LogP contribution in [-0.4, -0.2) is 85.4 Å². The number of ether oxygens (including phenoxy) is 2. The summed E-state index contributed by atoms with van der Waals surface area (Å²) in [6.07, 6.45) is 7.33. The molecule has 2 aromatic carbocycles. The van der Waals surface area contributed by atoms with E-state index in [2.05, 4.69) is 73.5 Å². The number of halogens is 1. The van der Waals surface area contributed by atoms with Crippen LogP contribution in [0, 0.1) is 6.92 Å². The quantitative estimate of drug-likeness (QED) is 0.193. The topological polar surface area (TPSA) is 110 Å². The van der Waals surface area contributed by atoms with Crippen LogP contribution >= 0.6 is 23.1 Å². The van der Waals surface area contributed by atoms with Gasteiger partial charge in [-0.25, -0.2) is 9.67 Å². The molecule has 0 aliphatic carbocycles. The molecule has 1 saturated heterocycles. The Labute approximate surface area is 267 Å². The molecule has 234 valence electrons. The molecule has 0 atom stereocenters. The number of hydrogen-bond donors (Lipinski definition) is 2. The van der Waals surface area contributed by atoms with Gasteiger partial charge in [-0.2, -0.15) is 10.1 Å². The standard InChI is InChI=1S/C31H40BrN8O3P/c1-20-14-27(39-12-10-21(11-13-39)38(2)3)28(43-5)16-26(20)36-31-33-18-24(32)30(37-31)35-25-9-8-22(15-29(25)44(6,7)41)40-19-23(42-4)17-34-40/h8-9,14-19,21H,10-13H2,1-7H3,(H2,33,35,36,37). The lowest BCUT2D eigenvalue weighted by Gasteiger charge is -2.37. The van der Waals surface area contributed by atoms with Crippen molar-refractivity contribution in [2.45, 2.75) is 25.8 Å². The van der Waals surface area contributed by atoms with Crippen LogP contribution in [0.25, 0.3) is 5.69 Å². The highest BCUT2D eigenvalue weighted by atomic mass is 79.9. The Kier molecular flexibility index (Phi) is 9.53. The molecular formula is C31H40BrN8O3P. The molecule has 0 radical (unpaired) electrons. The normalized spacial score (nSPS) is 14.2. The molecule has 2 aromatic heterocycles. The third-order valence-corrected chi connectivity index (χ3v) is 10.0. The third-order valence-electron chi connectivity index (χ3n) is 7.93. The number of benzene rings is 2. The Hall–Kier alpha value is -3.60. The fourth-order valence-electron chi connectivity index (χ4n) is 5.37. The Morgan fingerprint density at radius 1 is 1.02 bits per heavy atom. The number of nitrogens with zero attached hydrogens (tertiary/aromatic N) is 6. The highest BCUT2D eigenvalue weighted by molar-refractivity contribution is 9.10. The molecule has 1 aliphatic rings. The SMILES string of the molecule is COc1cnn(-c2ccc(Nc3nc(Nc4cc(OC)c(N5CCC(N(C)C)CC5)cc4C)ncc3Br)c(P(C)(C)=O)c2)c1. The molecule has 44 heavy (non-hydrogen) atoms. The molecule has 2 N–H and O–H groups in total. The number of hydrogen-bond acceptors (Lipinski definition) is 10. The summed E-state index contributed by atoms with van der Waals surface area (Å²) >= 11 is 3.57. The van der Waals surface area contributed by atoms with Crippen molar-refractivity contribution in [1.29, 1.82) is 0 Å². The second kappa shape index (κ2) is 13.2. The predicted molar refractivity (Wildman–Crippen MR) is 182 cm³/mol. The zero-order valence-electron chi connectivity index (χ0n) is 26.3. The van der Waals surface area contributed by atoms with Gasteiger partial charge in [-0.3, -0.25) is 0 Å². The maximum atomic E-state index is 13.4. The van der Waals surface area contributed by atoms with E-state index in [1.807, 2.05) is 24.3 Å². The Morgan fingerprint density at radius 2 is 1.77 bits per heavy atom. The van der Waals surface area contributed by atoms with Gasteiger partial charge >= 0.3 is 0 Å². The van der Waals surface area contributed by atoms with Gasteiger partial charge in [0.15, 0.2) is 5.75 Å². The fourth-order valence-corrected chi connectivity index (χ4v) is 6.81. The maximum absolute atomic E-state index is 13.4. The van der Waals surface area contributed by atoms with Crippen LogP contribution in [0.3, 0.4) is 0 Å². The van der Waals surface area contributed by atoms with Gasteiger partial charge in [0.1, 0.15) is 18.7 Å². The van der Waals surface area contributed by atoms with Gasteiger partial charge in [-0.15, -0.1) is 0 Å². The Morgan fingerprint density at radius 3 is 2.41 bits per heavy atom. The van der Waals surface area contributed by atoms with Gasteiger partial charge in [0.05, 0.1) is 48.1 Å². The largest absolute Gasteiger partial charge is 0.495 e. The number of piperidine rings is 1. The third kappa shape index (κ3) is 7.03. The molecule has 0 saturated carbocycles. The molecule has 0 spiro atoms. The first-order valence-corrected chi connectivity index (χ1v) is 17.8. The molecule has 0 unspecified atom stereocenters. The number of rotatable bonds is 10. The van der Waals surface area contributed by atoms with Gasteiger partial charge in [0, 0.05) is 42.4 Å². The first kappa shape index (κ1) is 31.8.